The van der Waals surface area contributed by atoms with Gasteiger partial charge in [-0.05, 0) is 12.8 Å². The first-order valence-electron chi connectivity index (χ1n) is 3.86. The van der Waals surface area contributed by atoms with Crippen LogP contribution in [0.5, 0.6) is 0 Å². The molecule has 1 atom stereocenters. The Balaban J connectivity index is 2.68. The highest BCUT2D eigenvalue weighted by Crippen LogP contribution is 2.39. The van der Waals surface area contributed by atoms with Crippen molar-refractivity contribution in [1.82, 2.24) is 0 Å². The van der Waals surface area contributed by atoms with Gasteiger partial charge in [0.15, 0.2) is 0 Å². The standard InChI is InChI=1S/C7H11F4N/c8-5(7(9,10)11)6(12)3-1-2-4-6/h5H,1-4,12H2. The van der Waals surface area contributed by atoms with Crippen molar-refractivity contribution in [2.45, 2.75) is 43.6 Å². The molecule has 1 aliphatic rings. The molecule has 1 rings (SSSR count). The lowest BCUT2D eigenvalue weighted by Gasteiger charge is -2.29. The predicted octanol–water partition coefficient (Wildman–Crippen LogP) is 2.16. The molecule has 0 spiro atoms. The van der Waals surface area contributed by atoms with Gasteiger partial charge in [-0.1, -0.05) is 12.8 Å². The first kappa shape index (κ1) is 9.77. The van der Waals surface area contributed by atoms with Crippen molar-refractivity contribution in [2.75, 3.05) is 0 Å². The van der Waals surface area contributed by atoms with E-state index in [9.17, 15) is 17.6 Å². The highest BCUT2D eigenvalue weighted by Gasteiger charge is 2.53. The fraction of sp³-hybridized carbons (Fsp3) is 1.00. The van der Waals surface area contributed by atoms with Gasteiger partial charge in [-0.2, -0.15) is 13.2 Å². The molecule has 0 aliphatic heterocycles. The normalized spacial score (nSPS) is 25.8. The van der Waals surface area contributed by atoms with Crippen molar-refractivity contribution < 1.29 is 17.6 Å². The van der Waals surface area contributed by atoms with E-state index in [2.05, 4.69) is 0 Å². The van der Waals surface area contributed by atoms with Gasteiger partial charge >= 0.3 is 6.18 Å². The van der Waals surface area contributed by atoms with E-state index in [0.29, 0.717) is 12.8 Å². The zero-order chi connectivity index (χ0) is 9.41. The average Bonchev–Trinajstić information content (AvgIpc) is 2.34. The number of hydrogen-bond donors (Lipinski definition) is 1. The molecule has 0 aromatic carbocycles. The Morgan fingerprint density at radius 3 is 1.92 bits per heavy atom. The van der Waals surface area contributed by atoms with Crippen molar-refractivity contribution in [2.24, 2.45) is 5.73 Å². The molecule has 5 heteroatoms. The Bertz CT molecular complexity index is 159. The van der Waals surface area contributed by atoms with Crippen molar-refractivity contribution in [3.05, 3.63) is 0 Å². The molecule has 0 saturated heterocycles. The number of nitrogens with two attached hydrogens (primary N) is 1. The minimum atomic E-state index is -4.81. The van der Waals surface area contributed by atoms with E-state index in [1.165, 1.54) is 0 Å². The van der Waals surface area contributed by atoms with E-state index in [4.69, 9.17) is 5.73 Å². The van der Waals surface area contributed by atoms with E-state index in [0.717, 1.165) is 0 Å². The summed E-state index contributed by atoms with van der Waals surface area (Å²) in [7, 11) is 0. The number of hydrogen-bond acceptors (Lipinski definition) is 1. The molecule has 72 valence electrons. The Kier molecular flexibility index (Phi) is 2.33. The van der Waals surface area contributed by atoms with E-state index in [1.54, 1.807) is 0 Å². The van der Waals surface area contributed by atoms with Gasteiger partial charge in [-0.25, -0.2) is 4.39 Å². The molecular formula is C7H11F4N. The van der Waals surface area contributed by atoms with Crippen molar-refractivity contribution in [3.8, 4) is 0 Å². The lowest BCUT2D eigenvalue weighted by atomic mass is 9.92. The summed E-state index contributed by atoms with van der Waals surface area (Å²) in [6.07, 6.45) is -6.23. The van der Waals surface area contributed by atoms with Gasteiger partial charge in [0.05, 0.1) is 5.54 Å². The van der Waals surface area contributed by atoms with Crippen LogP contribution in [0.3, 0.4) is 0 Å². The van der Waals surface area contributed by atoms with E-state index >= 15 is 0 Å². The fourth-order valence-electron chi connectivity index (χ4n) is 1.61. The highest BCUT2D eigenvalue weighted by atomic mass is 19.4. The van der Waals surface area contributed by atoms with Crippen LogP contribution in [0.15, 0.2) is 0 Å². The Labute approximate surface area is 67.9 Å². The third-order valence-electron chi connectivity index (χ3n) is 2.33. The van der Waals surface area contributed by atoms with Gasteiger partial charge in [-0.3, -0.25) is 0 Å². The van der Waals surface area contributed by atoms with Gasteiger partial charge < -0.3 is 5.73 Å². The monoisotopic (exact) mass is 185 g/mol. The second-order valence-corrected chi connectivity index (χ2v) is 3.34. The first-order valence-corrected chi connectivity index (χ1v) is 3.86. The lowest BCUT2D eigenvalue weighted by Crippen LogP contribution is -2.52. The molecule has 2 N–H and O–H groups in total. The van der Waals surface area contributed by atoms with Crippen molar-refractivity contribution in [1.29, 1.82) is 0 Å². The zero-order valence-electron chi connectivity index (χ0n) is 6.49. The highest BCUT2D eigenvalue weighted by molar-refractivity contribution is 4.98. The van der Waals surface area contributed by atoms with Gasteiger partial charge in [-0.15, -0.1) is 0 Å². The smallest absolute Gasteiger partial charge is 0.322 e. The van der Waals surface area contributed by atoms with Crippen LogP contribution >= 0.6 is 0 Å². The maximum Gasteiger partial charge on any atom is 0.421 e. The molecule has 0 radical (unpaired) electrons. The lowest BCUT2D eigenvalue weighted by molar-refractivity contribution is -0.197. The van der Waals surface area contributed by atoms with Crippen LogP contribution in [-0.4, -0.2) is 17.9 Å². The molecule has 0 aromatic heterocycles. The van der Waals surface area contributed by atoms with Crippen LogP contribution < -0.4 is 5.73 Å². The number of rotatable bonds is 1. The second-order valence-electron chi connectivity index (χ2n) is 3.34. The Morgan fingerprint density at radius 2 is 1.58 bits per heavy atom. The van der Waals surface area contributed by atoms with Gasteiger partial charge in [0.1, 0.15) is 0 Å². The molecule has 0 aromatic rings. The first-order chi connectivity index (χ1) is 5.36. The maximum absolute atomic E-state index is 12.7. The van der Waals surface area contributed by atoms with Gasteiger partial charge in [0.25, 0.3) is 0 Å². The van der Waals surface area contributed by atoms with Crippen LogP contribution in [-0.2, 0) is 0 Å². The van der Waals surface area contributed by atoms with Crippen molar-refractivity contribution >= 4 is 0 Å². The van der Waals surface area contributed by atoms with E-state index in [1.807, 2.05) is 0 Å². The summed E-state index contributed by atoms with van der Waals surface area (Å²) in [5.41, 5.74) is 3.64. The van der Waals surface area contributed by atoms with Crippen LogP contribution in [0.4, 0.5) is 17.6 Å². The van der Waals surface area contributed by atoms with Crippen LogP contribution in [0.1, 0.15) is 25.7 Å². The Morgan fingerprint density at radius 1 is 1.17 bits per heavy atom. The molecule has 1 saturated carbocycles. The van der Waals surface area contributed by atoms with Gasteiger partial charge in [0.2, 0.25) is 6.17 Å². The molecule has 0 heterocycles. The molecular weight excluding hydrogens is 174 g/mol. The minimum absolute atomic E-state index is 0.133. The quantitative estimate of drug-likeness (QED) is 0.622. The fourth-order valence-corrected chi connectivity index (χ4v) is 1.61. The maximum atomic E-state index is 12.7. The molecule has 0 bridgehead atoms. The zero-order valence-corrected chi connectivity index (χ0v) is 6.49. The minimum Gasteiger partial charge on any atom is -0.322 e. The summed E-state index contributed by atoms with van der Waals surface area (Å²) in [5.74, 6) is 0. The second kappa shape index (κ2) is 2.87. The molecule has 1 fully saturated rings. The summed E-state index contributed by atoms with van der Waals surface area (Å²) in [6, 6.07) is 0. The molecule has 0 amide bonds. The predicted molar refractivity (Wildman–Crippen MR) is 36.3 cm³/mol. The van der Waals surface area contributed by atoms with Crippen LogP contribution in [0.2, 0.25) is 0 Å². The molecule has 1 aliphatic carbocycles. The molecule has 12 heavy (non-hydrogen) atoms. The molecule has 1 nitrogen and oxygen atoms in total. The SMILES string of the molecule is NC1(C(F)C(F)(F)F)CCCC1. The average molecular weight is 185 g/mol. The summed E-state index contributed by atoms with van der Waals surface area (Å²) in [4.78, 5) is 0. The number of alkyl halides is 4. The Hall–Kier alpha value is -0.320. The summed E-state index contributed by atoms with van der Waals surface area (Å²) < 4.78 is 48.4. The van der Waals surface area contributed by atoms with E-state index in [-0.39, 0.29) is 12.8 Å². The van der Waals surface area contributed by atoms with Crippen LogP contribution in [0.25, 0.3) is 0 Å². The number of halogens is 4. The topological polar surface area (TPSA) is 26.0 Å². The third-order valence-corrected chi connectivity index (χ3v) is 2.33. The summed E-state index contributed by atoms with van der Waals surface area (Å²) >= 11 is 0. The summed E-state index contributed by atoms with van der Waals surface area (Å²) in [5, 5.41) is 0. The van der Waals surface area contributed by atoms with Gasteiger partial charge in [0, 0.05) is 0 Å². The van der Waals surface area contributed by atoms with Crippen LogP contribution in [0, 0.1) is 0 Å². The third kappa shape index (κ3) is 1.71. The van der Waals surface area contributed by atoms with E-state index < -0.39 is 17.9 Å². The summed E-state index contributed by atoms with van der Waals surface area (Å²) in [6.45, 7) is 0. The van der Waals surface area contributed by atoms with Crippen molar-refractivity contribution in [3.63, 3.8) is 0 Å². The molecule has 1 unspecified atom stereocenters. The largest absolute Gasteiger partial charge is 0.421 e.